The molecule has 10 heteroatoms. The quantitative estimate of drug-likeness (QED) is 0.204. The Hall–Kier alpha value is -3.37. The van der Waals surface area contributed by atoms with Crippen LogP contribution in [0.5, 0.6) is 11.5 Å². The molecule has 4 aromatic rings. The molecule has 0 aliphatic heterocycles. The van der Waals surface area contributed by atoms with Gasteiger partial charge in [0.25, 0.3) is 10.0 Å². The van der Waals surface area contributed by atoms with Crippen LogP contribution in [-0.4, -0.2) is 39.3 Å². The van der Waals surface area contributed by atoms with Gasteiger partial charge in [-0.3, -0.25) is 9.59 Å². The van der Waals surface area contributed by atoms with Gasteiger partial charge in [-0.05, 0) is 42.5 Å². The number of benzene rings is 3. The molecule has 1 heterocycles. The molecule has 0 fully saturated rings. The molecule has 0 bridgehead atoms. The van der Waals surface area contributed by atoms with Crippen molar-refractivity contribution < 1.29 is 57.0 Å². The van der Waals surface area contributed by atoms with Crippen LogP contribution in [0.2, 0.25) is 0 Å². The number of sulfonamides is 1. The number of fused-ring (bicyclic) bond motifs is 1. The van der Waals surface area contributed by atoms with E-state index in [1.165, 1.54) is 31.4 Å². The van der Waals surface area contributed by atoms with Crippen molar-refractivity contribution in [2.75, 3.05) is 14.2 Å². The molecule has 8 nitrogen and oxygen atoms in total. The van der Waals surface area contributed by atoms with E-state index in [4.69, 9.17) is 9.47 Å². The maximum atomic E-state index is 13.3. The normalized spacial score (nSPS) is 10.9. The van der Waals surface area contributed by atoms with Gasteiger partial charge in [0.15, 0.2) is 5.78 Å². The number of aromatic amines is 1. The molecule has 0 radical (unpaired) electrons. The molecule has 3 aromatic carbocycles. The molecule has 37 heavy (non-hydrogen) atoms. The van der Waals surface area contributed by atoms with Crippen molar-refractivity contribution in [2.24, 2.45) is 0 Å². The first kappa shape index (κ1) is 28.2. The van der Waals surface area contributed by atoms with Crippen LogP contribution < -0.4 is 43.8 Å². The van der Waals surface area contributed by atoms with Gasteiger partial charge in [0.05, 0.1) is 24.8 Å². The van der Waals surface area contributed by atoms with Crippen molar-refractivity contribution >= 4 is 38.2 Å². The number of H-pyrrole nitrogens is 1. The number of rotatable bonds is 8. The Labute approximate surface area is 237 Å². The Morgan fingerprint density at radius 3 is 2.16 bits per heavy atom. The summed E-state index contributed by atoms with van der Waals surface area (Å²) >= 11 is 0. The number of methoxy groups -OCH3 is 2. The minimum Gasteiger partial charge on any atom is -0.496 e. The number of carbonyl (C=O) groups excluding carboxylic acids is 2. The topological polar surface area (TPSA) is 115 Å². The minimum absolute atomic E-state index is 0. The van der Waals surface area contributed by atoms with Crippen LogP contribution in [0.15, 0.2) is 78.2 Å². The number of aromatic nitrogens is 1. The smallest absolute Gasteiger partial charge is 0.496 e. The molecule has 0 unspecified atom stereocenters. The van der Waals surface area contributed by atoms with E-state index in [2.05, 4.69) is 11.6 Å². The molecule has 0 saturated carbocycles. The summed E-state index contributed by atoms with van der Waals surface area (Å²) in [5.74, 6) is -0.171. The van der Waals surface area contributed by atoms with E-state index in [9.17, 15) is 18.0 Å². The predicted octanol–water partition coefficient (Wildman–Crippen LogP) is 1.58. The third kappa shape index (κ3) is 5.80. The molecule has 0 aliphatic rings. The van der Waals surface area contributed by atoms with E-state index in [0.29, 0.717) is 17.1 Å². The van der Waals surface area contributed by atoms with Crippen molar-refractivity contribution in [1.82, 2.24) is 9.71 Å². The molecule has 184 valence electrons. The summed E-state index contributed by atoms with van der Waals surface area (Å²) in [6.45, 7) is 5.10. The maximum absolute atomic E-state index is 13.3. The van der Waals surface area contributed by atoms with Crippen LogP contribution in [0.3, 0.4) is 0 Å². The van der Waals surface area contributed by atoms with Crippen LogP contribution in [-0.2, 0) is 14.8 Å². The van der Waals surface area contributed by atoms with Crippen LogP contribution in [0.25, 0.3) is 27.7 Å². The fourth-order valence-corrected chi connectivity index (χ4v) is 4.88. The van der Waals surface area contributed by atoms with Crippen molar-refractivity contribution in [1.29, 1.82) is 0 Å². The molecule has 1 aromatic heterocycles. The number of nitrogens with one attached hydrogen (secondary N) is 2. The largest absolute Gasteiger partial charge is 1.00 e. The summed E-state index contributed by atoms with van der Waals surface area (Å²) in [7, 11) is -0.972. The number of hydrogen-bond acceptors (Lipinski definition) is 6. The molecular formula is C27H24N2NaO6S+. The van der Waals surface area contributed by atoms with Crippen LogP contribution in [0, 0.1) is 0 Å². The number of hydrogen-bond donors (Lipinski definition) is 2. The number of ether oxygens (including phenoxy) is 2. The van der Waals surface area contributed by atoms with E-state index in [1.54, 1.807) is 19.2 Å². The van der Waals surface area contributed by atoms with Crippen LogP contribution in [0.4, 0.5) is 0 Å². The average Bonchev–Trinajstić information content (AvgIpc) is 3.30. The Morgan fingerprint density at radius 2 is 1.57 bits per heavy atom. The zero-order valence-electron chi connectivity index (χ0n) is 20.9. The number of allylic oxidation sites excluding steroid dienone is 1. The van der Waals surface area contributed by atoms with Gasteiger partial charge < -0.3 is 14.5 Å². The second-order valence-corrected chi connectivity index (χ2v) is 9.70. The Kier molecular flexibility index (Phi) is 8.65. The fourth-order valence-electron chi connectivity index (χ4n) is 3.89. The van der Waals surface area contributed by atoms with E-state index >= 15 is 0 Å². The molecule has 0 atom stereocenters. The maximum Gasteiger partial charge on any atom is 1.00 e. The van der Waals surface area contributed by atoms with Crippen molar-refractivity contribution in [2.45, 2.75) is 11.8 Å². The van der Waals surface area contributed by atoms with Gasteiger partial charge in [-0.1, -0.05) is 24.8 Å². The monoisotopic (exact) mass is 527 g/mol. The fraction of sp³-hybridized carbons (Fsp3) is 0.111. The van der Waals surface area contributed by atoms with Gasteiger partial charge in [0.1, 0.15) is 11.5 Å². The number of para-hydroxylation sites is 1. The van der Waals surface area contributed by atoms with Crippen molar-refractivity contribution in [3.8, 4) is 22.8 Å². The Balaban J connectivity index is 0.00000380. The van der Waals surface area contributed by atoms with Gasteiger partial charge in [-0.15, -0.1) is 0 Å². The van der Waals surface area contributed by atoms with E-state index in [-0.39, 0.29) is 45.6 Å². The average molecular weight is 528 g/mol. The first-order valence-electron chi connectivity index (χ1n) is 10.9. The second-order valence-electron chi connectivity index (χ2n) is 8.02. The van der Waals surface area contributed by atoms with Crippen molar-refractivity contribution in [3.63, 3.8) is 0 Å². The number of ketones is 1. The van der Waals surface area contributed by atoms with Gasteiger partial charge in [-0.25, -0.2) is 13.1 Å². The zero-order valence-corrected chi connectivity index (χ0v) is 23.7. The summed E-state index contributed by atoms with van der Waals surface area (Å²) < 4.78 is 37.4. The summed E-state index contributed by atoms with van der Waals surface area (Å²) in [6.07, 6.45) is 0. The van der Waals surface area contributed by atoms with Gasteiger partial charge >= 0.3 is 29.6 Å². The first-order chi connectivity index (χ1) is 17.1. The molecule has 1 amide bonds. The standard InChI is InChI=1S/C27H24N2O6S.Na/c1-16(27(31)18-9-11-20(12-10-18)36(32,33)29-17(2)30)21-14-22(26(35-4)15-25(21)34-3)24-13-19-7-5-6-8-23(19)28-24;/h5-15,28H,1H2,2-4H3,(H,29,30);/q;+1. The number of carbonyl (C=O) groups is 2. The molecule has 4 rings (SSSR count). The van der Waals surface area contributed by atoms with Gasteiger partial charge in [0.2, 0.25) is 5.91 Å². The van der Waals surface area contributed by atoms with Gasteiger partial charge in [0, 0.05) is 46.2 Å². The predicted molar refractivity (Wildman–Crippen MR) is 138 cm³/mol. The van der Waals surface area contributed by atoms with E-state index in [0.717, 1.165) is 29.1 Å². The number of Topliss-reactive ketones (excluding diaryl/α,β-unsaturated/α-hetero) is 1. The molecule has 0 aliphatic carbocycles. The molecule has 2 N–H and O–H groups in total. The molecule has 0 spiro atoms. The first-order valence-corrected chi connectivity index (χ1v) is 12.3. The van der Waals surface area contributed by atoms with E-state index < -0.39 is 21.7 Å². The number of amides is 1. The Bertz CT molecular complexity index is 1570. The van der Waals surface area contributed by atoms with E-state index in [1.807, 2.05) is 35.1 Å². The molecular weight excluding hydrogens is 503 g/mol. The summed E-state index contributed by atoms with van der Waals surface area (Å²) in [5, 5.41) is 1.02. The summed E-state index contributed by atoms with van der Waals surface area (Å²) in [6, 6.07) is 18.6. The Morgan fingerprint density at radius 1 is 0.919 bits per heavy atom. The third-order valence-corrected chi connectivity index (χ3v) is 7.09. The summed E-state index contributed by atoms with van der Waals surface area (Å²) in [5.41, 5.74) is 3.32. The molecule has 0 saturated heterocycles. The SMILES string of the molecule is C=C(C(=O)c1ccc(S(=O)(=O)NC(C)=O)cc1)c1cc(-c2cc3ccccc3[nH]2)c(OC)cc1OC.[Na+]. The van der Waals surface area contributed by atoms with Gasteiger partial charge in [-0.2, -0.15) is 0 Å². The van der Waals surface area contributed by atoms with Crippen LogP contribution >= 0.6 is 0 Å². The summed E-state index contributed by atoms with van der Waals surface area (Å²) in [4.78, 5) is 27.7. The van der Waals surface area contributed by atoms with Crippen LogP contribution in [0.1, 0.15) is 22.8 Å². The van der Waals surface area contributed by atoms with Crippen molar-refractivity contribution in [3.05, 3.63) is 84.4 Å². The third-order valence-electron chi connectivity index (χ3n) is 5.65. The minimum atomic E-state index is -4.01. The second kappa shape index (κ2) is 11.4. The zero-order chi connectivity index (χ0) is 26.0.